The molecule has 0 spiro atoms. The van der Waals surface area contributed by atoms with Gasteiger partial charge in [0.25, 0.3) is 0 Å². The number of methoxy groups -OCH3 is 2. The van der Waals surface area contributed by atoms with Crippen LogP contribution in [0.25, 0.3) is 0 Å². The third kappa shape index (κ3) is 2.50. The minimum absolute atomic E-state index is 0.381. The first kappa shape index (κ1) is 11.1. The first-order valence-corrected chi connectivity index (χ1v) is 4.42. The normalized spacial score (nSPS) is 10.8. The number of nitrogens with zero attached hydrogens (tertiary/aromatic N) is 3. The van der Waals surface area contributed by atoms with Gasteiger partial charge in [-0.15, -0.1) is 5.10 Å². The molecule has 2 N–H and O–H groups in total. The van der Waals surface area contributed by atoms with E-state index in [1.165, 1.54) is 0 Å². The van der Waals surface area contributed by atoms with Crippen LogP contribution in [-0.4, -0.2) is 35.8 Å². The summed E-state index contributed by atoms with van der Waals surface area (Å²) in [5.41, 5.74) is 7.22. The van der Waals surface area contributed by atoms with E-state index in [-0.39, 0.29) is 0 Å². The van der Waals surface area contributed by atoms with Gasteiger partial charge in [-0.2, -0.15) is 0 Å². The SMILES string of the molecule is COCCn1nnc(CN)c1COC. The van der Waals surface area contributed by atoms with E-state index < -0.39 is 0 Å². The van der Waals surface area contributed by atoms with Crippen LogP contribution in [0.1, 0.15) is 11.4 Å². The summed E-state index contributed by atoms with van der Waals surface area (Å²) >= 11 is 0. The largest absolute Gasteiger partial charge is 0.383 e. The highest BCUT2D eigenvalue weighted by molar-refractivity contribution is 5.08. The van der Waals surface area contributed by atoms with E-state index in [0.29, 0.717) is 26.3 Å². The van der Waals surface area contributed by atoms with Crippen LogP contribution in [0.4, 0.5) is 0 Å². The summed E-state index contributed by atoms with van der Waals surface area (Å²) in [6.07, 6.45) is 0. The van der Waals surface area contributed by atoms with E-state index >= 15 is 0 Å². The average Bonchev–Trinajstić information content (AvgIpc) is 2.58. The number of ether oxygens (including phenoxy) is 2. The number of hydrogen-bond acceptors (Lipinski definition) is 5. The third-order valence-electron chi connectivity index (χ3n) is 1.90. The zero-order valence-electron chi connectivity index (χ0n) is 8.56. The Hall–Kier alpha value is -0.980. The molecule has 6 heteroatoms. The topological polar surface area (TPSA) is 75.2 Å². The molecule has 0 bridgehead atoms. The molecule has 6 nitrogen and oxygen atoms in total. The van der Waals surface area contributed by atoms with Gasteiger partial charge in [-0.1, -0.05) is 5.21 Å². The second-order valence-corrected chi connectivity index (χ2v) is 2.84. The van der Waals surface area contributed by atoms with E-state index in [4.69, 9.17) is 15.2 Å². The van der Waals surface area contributed by atoms with Crippen LogP contribution in [0.3, 0.4) is 0 Å². The highest BCUT2D eigenvalue weighted by atomic mass is 16.5. The predicted octanol–water partition coefficient (Wildman–Crippen LogP) is -0.470. The Kier molecular flexibility index (Phi) is 4.51. The van der Waals surface area contributed by atoms with Crippen molar-refractivity contribution in [3.63, 3.8) is 0 Å². The van der Waals surface area contributed by atoms with Crippen molar-refractivity contribution < 1.29 is 9.47 Å². The lowest BCUT2D eigenvalue weighted by atomic mass is 10.3. The monoisotopic (exact) mass is 200 g/mol. The van der Waals surface area contributed by atoms with Gasteiger partial charge in [-0.25, -0.2) is 4.68 Å². The molecule has 0 aliphatic carbocycles. The molecule has 0 atom stereocenters. The van der Waals surface area contributed by atoms with Crippen molar-refractivity contribution >= 4 is 0 Å². The first-order chi connectivity index (χ1) is 6.83. The second-order valence-electron chi connectivity index (χ2n) is 2.84. The average molecular weight is 200 g/mol. The van der Waals surface area contributed by atoms with Crippen molar-refractivity contribution in [3.05, 3.63) is 11.4 Å². The van der Waals surface area contributed by atoms with Crippen LogP contribution in [0.15, 0.2) is 0 Å². The maximum Gasteiger partial charge on any atom is 0.102 e. The second kappa shape index (κ2) is 5.69. The van der Waals surface area contributed by atoms with Gasteiger partial charge in [0.1, 0.15) is 5.69 Å². The molecule has 0 amide bonds. The summed E-state index contributed by atoms with van der Waals surface area (Å²) in [5, 5.41) is 7.93. The molecule has 1 aromatic heterocycles. The lowest BCUT2D eigenvalue weighted by molar-refractivity contribution is 0.161. The molecular formula is C8H16N4O2. The molecular weight excluding hydrogens is 184 g/mol. The van der Waals surface area contributed by atoms with E-state index in [2.05, 4.69) is 10.3 Å². The summed E-state index contributed by atoms with van der Waals surface area (Å²) in [5.74, 6) is 0. The predicted molar refractivity (Wildman–Crippen MR) is 50.5 cm³/mol. The third-order valence-corrected chi connectivity index (χ3v) is 1.90. The van der Waals surface area contributed by atoms with Gasteiger partial charge in [0, 0.05) is 20.8 Å². The van der Waals surface area contributed by atoms with Crippen molar-refractivity contribution in [2.75, 3.05) is 20.8 Å². The first-order valence-electron chi connectivity index (χ1n) is 4.42. The van der Waals surface area contributed by atoms with E-state index in [1.54, 1.807) is 18.9 Å². The van der Waals surface area contributed by atoms with Crippen molar-refractivity contribution in [2.45, 2.75) is 19.7 Å². The molecule has 80 valence electrons. The molecule has 0 saturated heterocycles. The molecule has 0 unspecified atom stereocenters. The highest BCUT2D eigenvalue weighted by Crippen LogP contribution is 2.05. The number of aromatic nitrogens is 3. The Bertz CT molecular complexity index is 274. The standard InChI is InChI=1S/C8H16N4O2/c1-13-4-3-12-8(6-14-2)7(5-9)10-11-12/h3-6,9H2,1-2H3. The van der Waals surface area contributed by atoms with Gasteiger partial charge in [0.15, 0.2) is 0 Å². The lowest BCUT2D eigenvalue weighted by Crippen LogP contribution is -2.11. The molecule has 0 saturated carbocycles. The molecule has 1 rings (SSSR count). The summed E-state index contributed by atoms with van der Waals surface area (Å²) < 4.78 is 11.8. The van der Waals surface area contributed by atoms with Crippen LogP contribution < -0.4 is 5.73 Å². The van der Waals surface area contributed by atoms with E-state index in [0.717, 1.165) is 11.4 Å². The molecule has 0 aromatic carbocycles. The fourth-order valence-corrected chi connectivity index (χ4v) is 1.18. The maximum absolute atomic E-state index is 5.52. The molecule has 0 radical (unpaired) electrons. The van der Waals surface area contributed by atoms with Crippen LogP contribution in [0.5, 0.6) is 0 Å². The Morgan fingerprint density at radius 2 is 2.14 bits per heavy atom. The maximum atomic E-state index is 5.52. The molecule has 0 aliphatic heterocycles. The van der Waals surface area contributed by atoms with Crippen LogP contribution in [0.2, 0.25) is 0 Å². The Labute approximate surface area is 83.0 Å². The van der Waals surface area contributed by atoms with Gasteiger partial charge in [0.05, 0.1) is 25.5 Å². The van der Waals surface area contributed by atoms with E-state index in [9.17, 15) is 0 Å². The van der Waals surface area contributed by atoms with Crippen LogP contribution in [0, 0.1) is 0 Å². The van der Waals surface area contributed by atoms with Gasteiger partial charge in [-0.3, -0.25) is 0 Å². The number of hydrogen-bond donors (Lipinski definition) is 1. The van der Waals surface area contributed by atoms with Crippen LogP contribution >= 0.6 is 0 Å². The van der Waals surface area contributed by atoms with Crippen molar-refractivity contribution in [1.82, 2.24) is 15.0 Å². The zero-order valence-corrected chi connectivity index (χ0v) is 8.56. The fraction of sp³-hybridized carbons (Fsp3) is 0.750. The minimum Gasteiger partial charge on any atom is -0.383 e. The minimum atomic E-state index is 0.381. The van der Waals surface area contributed by atoms with E-state index in [1.807, 2.05) is 0 Å². The molecule has 0 fully saturated rings. The van der Waals surface area contributed by atoms with Gasteiger partial charge in [0.2, 0.25) is 0 Å². The summed E-state index contributed by atoms with van der Waals surface area (Å²) in [6, 6.07) is 0. The molecule has 0 aliphatic rings. The lowest BCUT2D eigenvalue weighted by Gasteiger charge is -2.05. The Balaban J connectivity index is 2.75. The van der Waals surface area contributed by atoms with Crippen molar-refractivity contribution in [1.29, 1.82) is 0 Å². The zero-order chi connectivity index (χ0) is 10.4. The fourth-order valence-electron chi connectivity index (χ4n) is 1.18. The summed E-state index contributed by atoms with van der Waals surface area (Å²) in [7, 11) is 3.28. The van der Waals surface area contributed by atoms with Crippen molar-refractivity contribution in [2.24, 2.45) is 5.73 Å². The Morgan fingerprint density at radius 1 is 1.36 bits per heavy atom. The Morgan fingerprint density at radius 3 is 2.71 bits per heavy atom. The molecule has 1 aromatic rings. The van der Waals surface area contributed by atoms with Gasteiger partial charge in [-0.05, 0) is 0 Å². The van der Waals surface area contributed by atoms with Gasteiger partial charge < -0.3 is 15.2 Å². The van der Waals surface area contributed by atoms with Gasteiger partial charge >= 0.3 is 0 Å². The molecule has 1 heterocycles. The summed E-state index contributed by atoms with van der Waals surface area (Å²) in [6.45, 7) is 2.13. The molecule has 14 heavy (non-hydrogen) atoms. The highest BCUT2D eigenvalue weighted by Gasteiger charge is 2.10. The smallest absolute Gasteiger partial charge is 0.102 e. The summed E-state index contributed by atoms with van der Waals surface area (Å²) in [4.78, 5) is 0. The number of rotatable bonds is 6. The number of nitrogens with two attached hydrogens (primary N) is 1. The van der Waals surface area contributed by atoms with Crippen LogP contribution in [-0.2, 0) is 29.2 Å². The van der Waals surface area contributed by atoms with Crippen molar-refractivity contribution in [3.8, 4) is 0 Å². The quantitative estimate of drug-likeness (QED) is 0.672.